The average Bonchev–Trinajstić information content (AvgIpc) is 2.86. The van der Waals surface area contributed by atoms with Crippen molar-refractivity contribution in [3.63, 3.8) is 0 Å². The topological polar surface area (TPSA) is 60.7 Å². The molecule has 0 bridgehead atoms. The summed E-state index contributed by atoms with van der Waals surface area (Å²) >= 11 is 0. The van der Waals surface area contributed by atoms with Crippen LogP contribution in [0.15, 0.2) is 29.3 Å². The maximum atomic E-state index is 11.3. The molecular weight excluding hydrogens is 312 g/mol. The molecule has 1 aromatic heterocycles. The van der Waals surface area contributed by atoms with Crippen LogP contribution in [-0.4, -0.2) is 31.5 Å². The minimum atomic E-state index is -3.50. The summed E-state index contributed by atoms with van der Waals surface area (Å²) in [6.07, 6.45) is 2.91. The van der Waals surface area contributed by atoms with Crippen LogP contribution in [0, 0.1) is 0 Å². The van der Waals surface area contributed by atoms with E-state index in [4.69, 9.17) is 4.18 Å². The van der Waals surface area contributed by atoms with Crippen molar-refractivity contribution in [2.24, 2.45) is 4.99 Å². The lowest BCUT2D eigenvalue weighted by molar-refractivity contribution is 0.492. The SMILES string of the molecule is CC1=NCCn2c1cc1c2-c2ccc(OS(C)(=O)=O)cc2CC1. The van der Waals surface area contributed by atoms with Gasteiger partial charge in [-0.2, -0.15) is 8.42 Å². The summed E-state index contributed by atoms with van der Waals surface area (Å²) in [4.78, 5) is 4.53. The molecule has 120 valence electrons. The number of rotatable bonds is 2. The van der Waals surface area contributed by atoms with E-state index in [9.17, 15) is 8.42 Å². The third-order valence-corrected chi connectivity index (χ3v) is 4.96. The molecule has 2 aliphatic rings. The first kappa shape index (κ1) is 14.5. The van der Waals surface area contributed by atoms with Gasteiger partial charge in [-0.05, 0) is 55.2 Å². The number of hydrogen-bond donors (Lipinski definition) is 0. The van der Waals surface area contributed by atoms with E-state index in [0.29, 0.717) is 5.75 Å². The van der Waals surface area contributed by atoms with E-state index >= 15 is 0 Å². The molecule has 0 unspecified atom stereocenters. The van der Waals surface area contributed by atoms with Crippen molar-refractivity contribution >= 4 is 15.8 Å². The minimum Gasteiger partial charge on any atom is -0.383 e. The number of benzene rings is 1. The number of fused-ring (bicyclic) bond motifs is 5. The molecule has 2 aromatic rings. The summed E-state index contributed by atoms with van der Waals surface area (Å²) in [6.45, 7) is 3.76. The predicted octanol–water partition coefficient (Wildman–Crippen LogP) is 2.41. The van der Waals surface area contributed by atoms with Crippen molar-refractivity contribution in [1.29, 1.82) is 0 Å². The highest BCUT2D eigenvalue weighted by molar-refractivity contribution is 7.86. The molecule has 1 aromatic carbocycles. The van der Waals surface area contributed by atoms with Crippen LogP contribution in [0.25, 0.3) is 11.3 Å². The van der Waals surface area contributed by atoms with E-state index in [0.717, 1.165) is 43.5 Å². The van der Waals surface area contributed by atoms with Crippen LogP contribution in [0.4, 0.5) is 0 Å². The second-order valence-electron chi connectivity index (χ2n) is 6.13. The molecule has 0 radical (unpaired) electrons. The Hall–Kier alpha value is -2.08. The van der Waals surface area contributed by atoms with Crippen molar-refractivity contribution in [3.05, 3.63) is 41.1 Å². The van der Waals surface area contributed by atoms with Crippen molar-refractivity contribution in [2.45, 2.75) is 26.3 Å². The molecule has 1 aliphatic carbocycles. The highest BCUT2D eigenvalue weighted by Gasteiger charge is 2.25. The quantitative estimate of drug-likeness (QED) is 0.795. The Morgan fingerprint density at radius 2 is 1.96 bits per heavy atom. The van der Waals surface area contributed by atoms with E-state index < -0.39 is 10.1 Å². The third kappa shape index (κ3) is 2.47. The van der Waals surface area contributed by atoms with Gasteiger partial charge in [0.15, 0.2) is 0 Å². The van der Waals surface area contributed by atoms with Gasteiger partial charge in [-0.25, -0.2) is 0 Å². The van der Waals surface area contributed by atoms with E-state index in [1.807, 2.05) is 12.1 Å². The first-order valence-electron chi connectivity index (χ1n) is 7.69. The highest BCUT2D eigenvalue weighted by Crippen LogP contribution is 2.38. The third-order valence-electron chi connectivity index (χ3n) is 4.46. The van der Waals surface area contributed by atoms with E-state index in [-0.39, 0.29) is 0 Å². The van der Waals surface area contributed by atoms with Gasteiger partial charge in [0.1, 0.15) is 5.75 Å². The zero-order chi connectivity index (χ0) is 16.2. The van der Waals surface area contributed by atoms with Crippen molar-refractivity contribution in [2.75, 3.05) is 12.8 Å². The molecule has 4 rings (SSSR count). The molecule has 23 heavy (non-hydrogen) atoms. The summed E-state index contributed by atoms with van der Waals surface area (Å²) in [5, 5.41) is 0. The lowest BCUT2D eigenvalue weighted by Gasteiger charge is -2.22. The Morgan fingerprint density at radius 3 is 2.74 bits per heavy atom. The van der Waals surface area contributed by atoms with Gasteiger partial charge in [0.05, 0.1) is 29.9 Å². The Labute approximate surface area is 135 Å². The second kappa shape index (κ2) is 4.96. The molecule has 0 spiro atoms. The van der Waals surface area contributed by atoms with Crippen molar-refractivity contribution < 1.29 is 12.6 Å². The molecular formula is C17H18N2O3S. The number of hydrogen-bond acceptors (Lipinski definition) is 4. The van der Waals surface area contributed by atoms with E-state index in [1.165, 1.54) is 22.5 Å². The lowest BCUT2D eigenvalue weighted by Crippen LogP contribution is -2.17. The Morgan fingerprint density at radius 1 is 1.17 bits per heavy atom. The van der Waals surface area contributed by atoms with Crippen LogP contribution >= 0.6 is 0 Å². The molecule has 5 nitrogen and oxygen atoms in total. The summed E-state index contributed by atoms with van der Waals surface area (Å²) in [5.74, 6) is 0.387. The smallest absolute Gasteiger partial charge is 0.306 e. The summed E-state index contributed by atoms with van der Waals surface area (Å²) in [7, 11) is -3.50. The van der Waals surface area contributed by atoms with Gasteiger partial charge >= 0.3 is 10.1 Å². The van der Waals surface area contributed by atoms with Crippen LogP contribution in [-0.2, 0) is 29.5 Å². The van der Waals surface area contributed by atoms with E-state index in [2.05, 4.69) is 22.5 Å². The maximum Gasteiger partial charge on any atom is 0.306 e. The minimum absolute atomic E-state index is 0.387. The van der Waals surface area contributed by atoms with Gasteiger partial charge in [-0.3, -0.25) is 4.99 Å². The van der Waals surface area contributed by atoms with Crippen molar-refractivity contribution in [1.82, 2.24) is 4.57 Å². The van der Waals surface area contributed by atoms with Gasteiger partial charge in [0, 0.05) is 12.1 Å². The van der Waals surface area contributed by atoms with Gasteiger partial charge in [0.25, 0.3) is 0 Å². The highest BCUT2D eigenvalue weighted by atomic mass is 32.2. The van der Waals surface area contributed by atoms with Gasteiger partial charge < -0.3 is 8.75 Å². The van der Waals surface area contributed by atoms with Gasteiger partial charge in [-0.1, -0.05) is 0 Å². The largest absolute Gasteiger partial charge is 0.383 e. The molecule has 0 fully saturated rings. The number of nitrogens with zero attached hydrogens (tertiary/aromatic N) is 2. The standard InChI is InChI=1S/C17H18N2O3S/c1-11-16-10-13-4-3-12-9-14(22-23(2,20)21)5-6-15(12)17(13)19(16)8-7-18-11/h5-6,9-10H,3-4,7-8H2,1-2H3. The van der Waals surface area contributed by atoms with Gasteiger partial charge in [0.2, 0.25) is 0 Å². The molecule has 1 aliphatic heterocycles. The number of aryl methyl sites for hydroxylation is 2. The van der Waals surface area contributed by atoms with Crippen LogP contribution in [0.3, 0.4) is 0 Å². The predicted molar refractivity (Wildman–Crippen MR) is 89.8 cm³/mol. The normalized spacial score (nSPS) is 16.2. The molecule has 0 saturated heterocycles. The summed E-state index contributed by atoms with van der Waals surface area (Å²) in [6, 6.07) is 7.81. The molecule has 0 N–H and O–H groups in total. The van der Waals surface area contributed by atoms with Crippen LogP contribution < -0.4 is 4.18 Å². The first-order valence-corrected chi connectivity index (χ1v) is 9.50. The molecule has 6 heteroatoms. The maximum absolute atomic E-state index is 11.3. The number of aromatic nitrogens is 1. The van der Waals surface area contributed by atoms with Crippen LogP contribution in [0.1, 0.15) is 23.7 Å². The second-order valence-corrected chi connectivity index (χ2v) is 7.70. The van der Waals surface area contributed by atoms with E-state index in [1.54, 1.807) is 6.07 Å². The van der Waals surface area contributed by atoms with Crippen LogP contribution in [0.5, 0.6) is 5.75 Å². The lowest BCUT2D eigenvalue weighted by atomic mass is 9.90. The Bertz CT molecular complexity index is 939. The Balaban J connectivity index is 1.83. The van der Waals surface area contributed by atoms with Crippen molar-refractivity contribution in [3.8, 4) is 17.0 Å². The molecule has 0 saturated carbocycles. The molecule has 0 atom stereocenters. The van der Waals surface area contributed by atoms with Gasteiger partial charge in [-0.15, -0.1) is 0 Å². The Kier molecular flexibility index (Phi) is 3.13. The summed E-state index contributed by atoms with van der Waals surface area (Å²) < 4.78 is 30.0. The zero-order valence-corrected chi connectivity index (χ0v) is 14.0. The fraction of sp³-hybridized carbons (Fsp3) is 0.353. The number of aliphatic imine (C=N–C) groups is 1. The zero-order valence-electron chi connectivity index (χ0n) is 13.2. The van der Waals surface area contributed by atoms with Crippen LogP contribution in [0.2, 0.25) is 0 Å². The fourth-order valence-electron chi connectivity index (χ4n) is 3.55. The fourth-order valence-corrected chi connectivity index (χ4v) is 4.00. The monoisotopic (exact) mass is 330 g/mol. The summed E-state index contributed by atoms with van der Waals surface area (Å²) in [5.41, 5.74) is 7.20. The first-order chi connectivity index (χ1) is 10.9. The molecule has 2 heterocycles. The molecule has 0 amide bonds. The average molecular weight is 330 g/mol.